The third-order valence-corrected chi connectivity index (χ3v) is 2.55. The summed E-state index contributed by atoms with van der Waals surface area (Å²) in [6.45, 7) is 13.9. The number of rotatable bonds is 8. The molecule has 1 unspecified atom stereocenters. The van der Waals surface area contributed by atoms with Gasteiger partial charge in [-0.1, -0.05) is 27.7 Å². The molecule has 0 heterocycles. The van der Waals surface area contributed by atoms with E-state index in [0.717, 1.165) is 26.1 Å². The molecule has 0 radical (unpaired) electrons. The molecule has 0 aromatic heterocycles. The Bertz CT molecular complexity index is 162. The van der Waals surface area contributed by atoms with Crippen LogP contribution in [-0.4, -0.2) is 47.8 Å². The van der Waals surface area contributed by atoms with Crippen molar-refractivity contribution in [2.24, 2.45) is 0 Å². The van der Waals surface area contributed by atoms with Crippen molar-refractivity contribution in [2.75, 3.05) is 26.2 Å². The van der Waals surface area contributed by atoms with Crippen molar-refractivity contribution in [1.82, 2.24) is 10.2 Å². The summed E-state index contributed by atoms with van der Waals surface area (Å²) in [5.41, 5.74) is -0.181. The lowest BCUT2D eigenvalue weighted by Crippen LogP contribution is -2.56. The van der Waals surface area contributed by atoms with Crippen LogP contribution in [0.2, 0.25) is 0 Å². The summed E-state index contributed by atoms with van der Waals surface area (Å²) in [5, 5.41) is 12.9. The maximum absolute atomic E-state index is 9.46. The highest BCUT2D eigenvalue weighted by molar-refractivity contribution is 4.87. The first kappa shape index (κ1) is 14.9. The van der Waals surface area contributed by atoms with E-state index in [1.807, 2.05) is 0 Å². The summed E-state index contributed by atoms with van der Waals surface area (Å²) in [7, 11) is 0. The van der Waals surface area contributed by atoms with E-state index in [0.29, 0.717) is 6.04 Å². The average Bonchev–Trinajstić information content (AvgIpc) is 2.16. The molecule has 0 aromatic rings. The van der Waals surface area contributed by atoms with Crippen molar-refractivity contribution in [3.05, 3.63) is 0 Å². The molecule has 2 N–H and O–H groups in total. The topological polar surface area (TPSA) is 35.5 Å². The summed E-state index contributed by atoms with van der Waals surface area (Å²) < 4.78 is 0. The fraction of sp³-hybridized carbons (Fsp3) is 1.00. The number of aliphatic hydroxyl groups excluding tert-OH is 1. The monoisotopic (exact) mass is 216 g/mol. The number of aliphatic hydroxyl groups is 1. The first-order valence-corrected chi connectivity index (χ1v) is 6.08. The van der Waals surface area contributed by atoms with Crippen molar-refractivity contribution >= 4 is 0 Å². The van der Waals surface area contributed by atoms with Crippen LogP contribution in [0.5, 0.6) is 0 Å². The van der Waals surface area contributed by atoms with E-state index >= 15 is 0 Å². The number of hydrogen-bond donors (Lipinski definition) is 2. The maximum atomic E-state index is 9.46. The molecule has 0 spiro atoms. The fourth-order valence-electron chi connectivity index (χ4n) is 2.00. The van der Waals surface area contributed by atoms with E-state index in [1.54, 1.807) is 0 Å². The molecular formula is C12H28N2O. The molecule has 0 saturated carbocycles. The Morgan fingerprint density at radius 3 is 2.27 bits per heavy atom. The molecule has 0 aromatic carbocycles. The van der Waals surface area contributed by atoms with Gasteiger partial charge >= 0.3 is 0 Å². The van der Waals surface area contributed by atoms with Crippen LogP contribution >= 0.6 is 0 Å². The first-order chi connectivity index (χ1) is 6.97. The van der Waals surface area contributed by atoms with Crippen LogP contribution in [0, 0.1) is 0 Å². The van der Waals surface area contributed by atoms with E-state index in [1.165, 1.54) is 0 Å². The molecule has 0 fully saturated rings. The number of nitrogens with one attached hydrogen (secondary N) is 1. The second-order valence-electron chi connectivity index (χ2n) is 4.89. The number of nitrogens with zero attached hydrogens (tertiary/aromatic N) is 1. The molecule has 0 aliphatic rings. The van der Waals surface area contributed by atoms with Gasteiger partial charge in [0.25, 0.3) is 0 Å². The standard InChI is InChI=1S/C12H28N2O/c1-6-8-14(7-2)9-12(5,10-15)13-11(3)4/h11,13,15H,6-10H2,1-5H3. The van der Waals surface area contributed by atoms with Crippen molar-refractivity contribution in [1.29, 1.82) is 0 Å². The summed E-state index contributed by atoms with van der Waals surface area (Å²) in [5.74, 6) is 0. The van der Waals surface area contributed by atoms with Gasteiger partial charge in [0.2, 0.25) is 0 Å². The third kappa shape index (κ3) is 6.13. The van der Waals surface area contributed by atoms with Gasteiger partial charge in [-0.3, -0.25) is 0 Å². The van der Waals surface area contributed by atoms with E-state index < -0.39 is 0 Å². The smallest absolute Gasteiger partial charge is 0.0623 e. The minimum absolute atomic E-state index is 0.181. The lowest BCUT2D eigenvalue weighted by molar-refractivity contribution is 0.115. The van der Waals surface area contributed by atoms with Crippen LogP contribution in [0.25, 0.3) is 0 Å². The van der Waals surface area contributed by atoms with Crippen molar-refractivity contribution in [3.8, 4) is 0 Å². The van der Waals surface area contributed by atoms with Crippen LogP contribution < -0.4 is 5.32 Å². The highest BCUT2D eigenvalue weighted by Crippen LogP contribution is 2.08. The van der Waals surface area contributed by atoms with Gasteiger partial charge in [-0.05, 0) is 26.4 Å². The summed E-state index contributed by atoms with van der Waals surface area (Å²) >= 11 is 0. The summed E-state index contributed by atoms with van der Waals surface area (Å²) in [4.78, 5) is 2.38. The molecule has 0 amide bonds. The van der Waals surface area contributed by atoms with Gasteiger partial charge in [0.1, 0.15) is 0 Å². The highest BCUT2D eigenvalue weighted by Gasteiger charge is 2.25. The minimum Gasteiger partial charge on any atom is -0.394 e. The SMILES string of the molecule is CCCN(CC)CC(C)(CO)NC(C)C. The van der Waals surface area contributed by atoms with Gasteiger partial charge in [-0.2, -0.15) is 0 Å². The Balaban J connectivity index is 4.25. The molecular weight excluding hydrogens is 188 g/mol. The second kappa shape index (κ2) is 7.20. The first-order valence-electron chi connectivity index (χ1n) is 6.08. The number of hydrogen-bond acceptors (Lipinski definition) is 3. The van der Waals surface area contributed by atoms with Gasteiger partial charge in [0.05, 0.1) is 12.1 Å². The zero-order chi connectivity index (χ0) is 11.9. The Morgan fingerprint density at radius 1 is 1.33 bits per heavy atom. The van der Waals surface area contributed by atoms with Crippen LogP contribution in [0.15, 0.2) is 0 Å². The van der Waals surface area contributed by atoms with Gasteiger partial charge in [-0.25, -0.2) is 0 Å². The van der Waals surface area contributed by atoms with Crippen molar-refractivity contribution < 1.29 is 5.11 Å². The molecule has 0 saturated heterocycles. The zero-order valence-corrected chi connectivity index (χ0v) is 11.0. The normalized spacial score (nSPS) is 16.0. The summed E-state index contributed by atoms with van der Waals surface area (Å²) in [6, 6.07) is 0.405. The predicted molar refractivity (Wildman–Crippen MR) is 66.2 cm³/mol. The lowest BCUT2D eigenvalue weighted by atomic mass is 10.0. The maximum Gasteiger partial charge on any atom is 0.0623 e. The van der Waals surface area contributed by atoms with E-state index in [4.69, 9.17) is 0 Å². The minimum atomic E-state index is -0.181. The van der Waals surface area contributed by atoms with E-state index in [-0.39, 0.29) is 12.1 Å². The molecule has 0 aliphatic heterocycles. The molecule has 92 valence electrons. The van der Waals surface area contributed by atoms with Crippen LogP contribution in [-0.2, 0) is 0 Å². The van der Waals surface area contributed by atoms with Crippen LogP contribution in [0.1, 0.15) is 41.0 Å². The van der Waals surface area contributed by atoms with Crippen molar-refractivity contribution in [3.63, 3.8) is 0 Å². The average molecular weight is 216 g/mol. The largest absolute Gasteiger partial charge is 0.394 e. The molecule has 0 rings (SSSR count). The molecule has 1 atom stereocenters. The van der Waals surface area contributed by atoms with Crippen LogP contribution in [0.4, 0.5) is 0 Å². The highest BCUT2D eigenvalue weighted by atomic mass is 16.3. The molecule has 15 heavy (non-hydrogen) atoms. The zero-order valence-electron chi connectivity index (χ0n) is 11.0. The third-order valence-electron chi connectivity index (χ3n) is 2.55. The number of likely N-dealkylation sites (N-methyl/N-ethyl adjacent to an activating group) is 1. The molecule has 0 aliphatic carbocycles. The van der Waals surface area contributed by atoms with Gasteiger partial charge < -0.3 is 15.3 Å². The molecule has 3 nitrogen and oxygen atoms in total. The molecule has 0 bridgehead atoms. The lowest BCUT2D eigenvalue weighted by Gasteiger charge is -2.36. The Labute approximate surface area is 94.9 Å². The van der Waals surface area contributed by atoms with Crippen LogP contribution in [0.3, 0.4) is 0 Å². The quantitative estimate of drug-likeness (QED) is 0.645. The van der Waals surface area contributed by atoms with Gasteiger partial charge in [0, 0.05) is 12.6 Å². The van der Waals surface area contributed by atoms with Crippen molar-refractivity contribution in [2.45, 2.75) is 52.6 Å². The summed E-state index contributed by atoms with van der Waals surface area (Å²) in [6.07, 6.45) is 1.16. The fourth-order valence-corrected chi connectivity index (χ4v) is 2.00. The van der Waals surface area contributed by atoms with E-state index in [2.05, 4.69) is 44.8 Å². The van der Waals surface area contributed by atoms with E-state index in [9.17, 15) is 5.11 Å². The Morgan fingerprint density at radius 2 is 1.93 bits per heavy atom. The second-order valence-corrected chi connectivity index (χ2v) is 4.89. The van der Waals surface area contributed by atoms with Gasteiger partial charge in [-0.15, -0.1) is 0 Å². The predicted octanol–water partition coefficient (Wildman–Crippen LogP) is 1.47. The Kier molecular flexibility index (Phi) is 7.14. The Hall–Kier alpha value is -0.120. The molecule has 3 heteroatoms. The van der Waals surface area contributed by atoms with Gasteiger partial charge in [0.15, 0.2) is 0 Å².